The van der Waals surface area contributed by atoms with Crippen LogP contribution in [0.2, 0.25) is 0 Å². The molecular formula is C8H13NO6. The molecule has 7 nitrogen and oxygen atoms in total. The molecule has 0 aromatic rings. The van der Waals surface area contributed by atoms with Crippen molar-refractivity contribution in [1.29, 1.82) is 0 Å². The molecule has 0 aromatic carbocycles. The van der Waals surface area contributed by atoms with Crippen LogP contribution in [0.15, 0.2) is 0 Å². The number of aliphatic carboxylic acids is 2. The molecule has 0 atom stereocenters. The van der Waals surface area contributed by atoms with Gasteiger partial charge in [0, 0.05) is 24.7 Å². The third-order valence-corrected chi connectivity index (χ3v) is 2.20. The van der Waals surface area contributed by atoms with Crippen molar-refractivity contribution >= 4 is 11.9 Å². The van der Waals surface area contributed by atoms with Crippen LogP contribution in [0, 0.1) is 10.1 Å². The maximum atomic E-state index is 10.7. The van der Waals surface area contributed by atoms with Gasteiger partial charge in [-0.25, -0.2) is 0 Å². The summed E-state index contributed by atoms with van der Waals surface area (Å²) < 4.78 is 0. The van der Waals surface area contributed by atoms with Crippen LogP contribution in [0.5, 0.6) is 0 Å². The molecule has 0 aromatic heterocycles. The molecule has 15 heavy (non-hydrogen) atoms. The Morgan fingerprint density at radius 2 is 1.53 bits per heavy atom. The predicted molar refractivity (Wildman–Crippen MR) is 49.1 cm³/mol. The van der Waals surface area contributed by atoms with Crippen LogP contribution in [0.3, 0.4) is 0 Å². The monoisotopic (exact) mass is 219 g/mol. The Bertz CT molecular complexity index is 256. The van der Waals surface area contributed by atoms with E-state index >= 15 is 0 Å². The highest BCUT2D eigenvalue weighted by atomic mass is 16.6. The first-order chi connectivity index (χ1) is 6.78. The molecule has 0 amide bonds. The molecule has 0 heterocycles. The van der Waals surface area contributed by atoms with Crippen LogP contribution in [-0.2, 0) is 9.59 Å². The van der Waals surface area contributed by atoms with Gasteiger partial charge in [-0.05, 0) is 0 Å². The molecule has 0 aliphatic heterocycles. The highest BCUT2D eigenvalue weighted by molar-refractivity contribution is 5.67. The molecule has 2 N–H and O–H groups in total. The van der Waals surface area contributed by atoms with Crippen molar-refractivity contribution in [2.75, 3.05) is 0 Å². The maximum absolute atomic E-state index is 10.7. The minimum absolute atomic E-state index is 0.164. The first-order valence-electron chi connectivity index (χ1n) is 4.36. The second-order valence-electron chi connectivity index (χ2n) is 3.54. The number of rotatable bonds is 7. The smallest absolute Gasteiger partial charge is 0.303 e. The molecule has 0 spiro atoms. The summed E-state index contributed by atoms with van der Waals surface area (Å²) in [5, 5.41) is 27.5. The largest absolute Gasteiger partial charge is 0.481 e. The number of carboxylic acid groups (broad SMARTS) is 2. The summed E-state index contributed by atoms with van der Waals surface area (Å²) >= 11 is 0. The van der Waals surface area contributed by atoms with E-state index in [1.165, 1.54) is 6.92 Å². The number of nitrogens with zero attached hydrogens (tertiary/aromatic N) is 1. The molecule has 7 heteroatoms. The normalized spacial score (nSPS) is 11.0. The van der Waals surface area contributed by atoms with E-state index in [1.54, 1.807) is 0 Å². The van der Waals surface area contributed by atoms with Gasteiger partial charge in [0.1, 0.15) is 0 Å². The molecule has 0 saturated heterocycles. The Labute approximate surface area is 85.9 Å². The summed E-state index contributed by atoms with van der Waals surface area (Å²) in [6.07, 6.45) is -1.00. The van der Waals surface area contributed by atoms with Crippen LogP contribution in [0.25, 0.3) is 0 Å². The first kappa shape index (κ1) is 13.3. The van der Waals surface area contributed by atoms with Gasteiger partial charge < -0.3 is 10.2 Å². The van der Waals surface area contributed by atoms with Crippen molar-refractivity contribution in [2.45, 2.75) is 38.1 Å². The van der Waals surface area contributed by atoms with Gasteiger partial charge in [0.05, 0.1) is 12.8 Å². The lowest BCUT2D eigenvalue weighted by atomic mass is 9.91. The molecule has 0 fully saturated rings. The van der Waals surface area contributed by atoms with Crippen LogP contribution >= 0.6 is 0 Å². The minimum atomic E-state index is -1.48. The van der Waals surface area contributed by atoms with E-state index in [-0.39, 0.29) is 25.7 Å². The van der Waals surface area contributed by atoms with Crippen LogP contribution in [0.1, 0.15) is 32.6 Å². The molecule has 86 valence electrons. The first-order valence-corrected chi connectivity index (χ1v) is 4.36. The summed E-state index contributed by atoms with van der Waals surface area (Å²) in [5.41, 5.74) is -1.48. The molecule has 0 bridgehead atoms. The van der Waals surface area contributed by atoms with Gasteiger partial charge in [-0.3, -0.25) is 19.7 Å². The summed E-state index contributed by atoms with van der Waals surface area (Å²) in [4.78, 5) is 30.6. The Morgan fingerprint density at radius 3 is 1.73 bits per heavy atom. The fourth-order valence-electron chi connectivity index (χ4n) is 1.06. The van der Waals surface area contributed by atoms with E-state index in [9.17, 15) is 19.7 Å². The van der Waals surface area contributed by atoms with Gasteiger partial charge >= 0.3 is 11.9 Å². The van der Waals surface area contributed by atoms with Gasteiger partial charge in [-0.1, -0.05) is 0 Å². The molecule has 0 saturated carbocycles. The summed E-state index contributed by atoms with van der Waals surface area (Å²) in [6.45, 7) is 1.26. The van der Waals surface area contributed by atoms with Crippen molar-refractivity contribution in [3.63, 3.8) is 0 Å². The zero-order valence-electron chi connectivity index (χ0n) is 8.30. The highest BCUT2D eigenvalue weighted by Crippen LogP contribution is 2.22. The van der Waals surface area contributed by atoms with E-state index in [1.807, 2.05) is 0 Å². The van der Waals surface area contributed by atoms with Crippen LogP contribution in [-0.4, -0.2) is 32.6 Å². The van der Waals surface area contributed by atoms with Crippen LogP contribution < -0.4 is 0 Å². The SMILES string of the molecule is CC(CCC(=O)O)(CCC(=O)O)[N+](=O)[O-]. The molecule has 0 radical (unpaired) electrons. The number of carboxylic acids is 2. The Hall–Kier alpha value is -1.66. The average Bonchev–Trinajstić information content (AvgIpc) is 2.11. The lowest BCUT2D eigenvalue weighted by molar-refractivity contribution is -0.567. The fraction of sp³-hybridized carbons (Fsp3) is 0.750. The summed E-state index contributed by atoms with van der Waals surface area (Å²) in [6, 6.07) is 0. The molecule has 0 aliphatic carbocycles. The molecule has 0 unspecified atom stereocenters. The second kappa shape index (κ2) is 5.28. The highest BCUT2D eigenvalue weighted by Gasteiger charge is 2.37. The Kier molecular flexibility index (Phi) is 4.69. The number of hydrogen-bond acceptors (Lipinski definition) is 4. The minimum Gasteiger partial charge on any atom is -0.481 e. The Balaban J connectivity index is 4.38. The molecule has 0 aliphatic rings. The zero-order chi connectivity index (χ0) is 12.1. The van der Waals surface area contributed by atoms with E-state index in [2.05, 4.69) is 0 Å². The van der Waals surface area contributed by atoms with E-state index in [0.29, 0.717) is 0 Å². The van der Waals surface area contributed by atoms with Crippen molar-refractivity contribution in [2.24, 2.45) is 0 Å². The van der Waals surface area contributed by atoms with Gasteiger partial charge in [0.2, 0.25) is 5.54 Å². The summed E-state index contributed by atoms with van der Waals surface area (Å²) in [5.74, 6) is -2.25. The second-order valence-corrected chi connectivity index (χ2v) is 3.54. The number of hydrogen-bond donors (Lipinski definition) is 2. The zero-order valence-corrected chi connectivity index (χ0v) is 8.30. The quantitative estimate of drug-likeness (QED) is 0.481. The van der Waals surface area contributed by atoms with Gasteiger partial charge in [-0.15, -0.1) is 0 Å². The number of carbonyl (C=O) groups is 2. The fourth-order valence-corrected chi connectivity index (χ4v) is 1.06. The average molecular weight is 219 g/mol. The van der Waals surface area contributed by atoms with Gasteiger partial charge in [0.15, 0.2) is 0 Å². The van der Waals surface area contributed by atoms with E-state index in [0.717, 1.165) is 0 Å². The van der Waals surface area contributed by atoms with Crippen molar-refractivity contribution < 1.29 is 24.7 Å². The lowest BCUT2D eigenvalue weighted by Gasteiger charge is -2.18. The lowest BCUT2D eigenvalue weighted by Crippen LogP contribution is -2.36. The van der Waals surface area contributed by atoms with Crippen molar-refractivity contribution in [3.05, 3.63) is 10.1 Å². The van der Waals surface area contributed by atoms with Crippen LogP contribution in [0.4, 0.5) is 0 Å². The van der Waals surface area contributed by atoms with Crippen molar-refractivity contribution in [1.82, 2.24) is 0 Å². The van der Waals surface area contributed by atoms with E-state index < -0.39 is 22.4 Å². The topological polar surface area (TPSA) is 118 Å². The standard InChI is InChI=1S/C8H13NO6/c1-8(9(14)15,4-2-6(10)11)5-3-7(12)13/h2-5H2,1H3,(H,10,11)(H,12,13). The van der Waals surface area contributed by atoms with E-state index in [4.69, 9.17) is 10.2 Å². The van der Waals surface area contributed by atoms with Gasteiger partial charge in [-0.2, -0.15) is 0 Å². The predicted octanol–water partition coefficient (Wildman–Crippen LogP) is 0.751. The molecular weight excluding hydrogens is 206 g/mol. The number of nitro groups is 1. The molecule has 0 rings (SSSR count). The van der Waals surface area contributed by atoms with Gasteiger partial charge in [0.25, 0.3) is 0 Å². The Morgan fingerprint density at radius 1 is 1.20 bits per heavy atom. The van der Waals surface area contributed by atoms with Crippen molar-refractivity contribution in [3.8, 4) is 0 Å². The maximum Gasteiger partial charge on any atom is 0.303 e. The third kappa shape index (κ3) is 4.94. The third-order valence-electron chi connectivity index (χ3n) is 2.20. The summed E-state index contributed by atoms with van der Waals surface area (Å²) in [7, 11) is 0.